The second kappa shape index (κ2) is 4.80. The van der Waals surface area contributed by atoms with Crippen molar-refractivity contribution in [2.75, 3.05) is 6.61 Å². The van der Waals surface area contributed by atoms with Gasteiger partial charge in [-0.3, -0.25) is 0 Å². The standard InChI is InChI=1S/C8H18O/c1-5-8(7(3)4)9-6-2/h7-8H,5-6H2,1-4H3/t8-/m1/s1. The van der Waals surface area contributed by atoms with Crippen molar-refractivity contribution in [3.63, 3.8) is 0 Å². The molecule has 0 saturated carbocycles. The van der Waals surface area contributed by atoms with E-state index in [1.165, 1.54) is 0 Å². The molecule has 1 heteroatoms. The molecule has 1 atom stereocenters. The molecule has 0 aliphatic carbocycles. The summed E-state index contributed by atoms with van der Waals surface area (Å²) in [5, 5.41) is 0. The van der Waals surface area contributed by atoms with Crippen LogP contribution in [0.25, 0.3) is 0 Å². The first-order valence-corrected chi connectivity index (χ1v) is 3.83. The molecule has 0 heterocycles. The molecule has 0 spiro atoms. The Bertz CT molecular complexity index is 59.6. The quantitative estimate of drug-likeness (QED) is 0.568. The first-order valence-electron chi connectivity index (χ1n) is 3.83. The highest BCUT2D eigenvalue weighted by atomic mass is 16.5. The zero-order valence-corrected chi connectivity index (χ0v) is 6.98. The third kappa shape index (κ3) is 3.52. The maximum atomic E-state index is 5.45. The lowest BCUT2D eigenvalue weighted by Gasteiger charge is -2.18. The fraction of sp³-hybridized carbons (Fsp3) is 1.00. The average molecular weight is 130 g/mol. The van der Waals surface area contributed by atoms with E-state index in [4.69, 9.17) is 4.74 Å². The Morgan fingerprint density at radius 1 is 1.22 bits per heavy atom. The van der Waals surface area contributed by atoms with E-state index in [2.05, 4.69) is 20.8 Å². The Kier molecular flexibility index (Phi) is 4.78. The molecule has 56 valence electrons. The van der Waals surface area contributed by atoms with Gasteiger partial charge in [0, 0.05) is 6.61 Å². The van der Waals surface area contributed by atoms with Crippen molar-refractivity contribution >= 4 is 0 Å². The highest BCUT2D eigenvalue weighted by molar-refractivity contribution is 4.58. The summed E-state index contributed by atoms with van der Waals surface area (Å²) in [5.74, 6) is 0.662. The SMILES string of the molecule is CCO[C@H](CC)C(C)C. The molecular formula is C8H18O. The smallest absolute Gasteiger partial charge is 0.0595 e. The number of ether oxygens (including phenoxy) is 1. The molecule has 0 unspecified atom stereocenters. The normalized spacial score (nSPS) is 14.3. The summed E-state index contributed by atoms with van der Waals surface area (Å²) in [4.78, 5) is 0. The minimum atomic E-state index is 0.468. The predicted octanol–water partition coefficient (Wildman–Crippen LogP) is 2.46. The van der Waals surface area contributed by atoms with Gasteiger partial charge in [-0.05, 0) is 19.3 Å². The van der Waals surface area contributed by atoms with E-state index in [1.54, 1.807) is 0 Å². The molecule has 0 aromatic rings. The van der Waals surface area contributed by atoms with Crippen LogP contribution < -0.4 is 0 Å². The van der Waals surface area contributed by atoms with Crippen molar-refractivity contribution in [3.8, 4) is 0 Å². The van der Waals surface area contributed by atoms with Gasteiger partial charge >= 0.3 is 0 Å². The van der Waals surface area contributed by atoms with Gasteiger partial charge in [-0.15, -0.1) is 0 Å². The molecule has 0 fully saturated rings. The van der Waals surface area contributed by atoms with Crippen LogP contribution in [0, 0.1) is 5.92 Å². The largest absolute Gasteiger partial charge is 0.378 e. The van der Waals surface area contributed by atoms with Gasteiger partial charge in [0.15, 0.2) is 0 Å². The van der Waals surface area contributed by atoms with Gasteiger partial charge in [0.05, 0.1) is 6.10 Å². The highest BCUT2D eigenvalue weighted by Crippen LogP contribution is 2.09. The van der Waals surface area contributed by atoms with Crippen molar-refractivity contribution in [3.05, 3.63) is 0 Å². The molecule has 0 bridgehead atoms. The maximum absolute atomic E-state index is 5.45. The Morgan fingerprint density at radius 2 is 1.78 bits per heavy atom. The molecule has 0 aliphatic rings. The van der Waals surface area contributed by atoms with E-state index >= 15 is 0 Å². The van der Waals surface area contributed by atoms with Crippen LogP contribution >= 0.6 is 0 Å². The Hall–Kier alpha value is -0.0400. The van der Waals surface area contributed by atoms with Crippen molar-refractivity contribution in [1.29, 1.82) is 0 Å². The fourth-order valence-corrected chi connectivity index (χ4v) is 0.996. The van der Waals surface area contributed by atoms with Crippen LogP contribution in [0.3, 0.4) is 0 Å². The fourth-order valence-electron chi connectivity index (χ4n) is 0.996. The Labute approximate surface area is 58.4 Å². The monoisotopic (exact) mass is 130 g/mol. The van der Waals surface area contributed by atoms with Crippen molar-refractivity contribution in [1.82, 2.24) is 0 Å². The lowest BCUT2D eigenvalue weighted by Crippen LogP contribution is -2.18. The number of hydrogen-bond acceptors (Lipinski definition) is 1. The maximum Gasteiger partial charge on any atom is 0.0595 e. The molecule has 0 aromatic carbocycles. The van der Waals surface area contributed by atoms with Crippen LogP contribution in [0.5, 0.6) is 0 Å². The zero-order chi connectivity index (χ0) is 7.28. The summed E-state index contributed by atoms with van der Waals surface area (Å²) in [7, 11) is 0. The van der Waals surface area contributed by atoms with Crippen LogP contribution in [0.15, 0.2) is 0 Å². The summed E-state index contributed by atoms with van der Waals surface area (Å²) >= 11 is 0. The van der Waals surface area contributed by atoms with E-state index in [0.29, 0.717) is 12.0 Å². The molecule has 0 radical (unpaired) electrons. The summed E-state index contributed by atoms with van der Waals surface area (Å²) in [5.41, 5.74) is 0. The van der Waals surface area contributed by atoms with E-state index in [-0.39, 0.29) is 0 Å². The van der Waals surface area contributed by atoms with Gasteiger partial charge in [-0.25, -0.2) is 0 Å². The molecule has 1 nitrogen and oxygen atoms in total. The van der Waals surface area contributed by atoms with E-state index in [9.17, 15) is 0 Å². The van der Waals surface area contributed by atoms with Crippen LogP contribution in [-0.2, 0) is 4.74 Å². The van der Waals surface area contributed by atoms with Gasteiger partial charge in [0.2, 0.25) is 0 Å². The first kappa shape index (κ1) is 8.96. The zero-order valence-electron chi connectivity index (χ0n) is 6.98. The highest BCUT2D eigenvalue weighted by Gasteiger charge is 2.08. The predicted molar refractivity (Wildman–Crippen MR) is 40.5 cm³/mol. The molecular weight excluding hydrogens is 112 g/mol. The summed E-state index contributed by atoms with van der Waals surface area (Å²) < 4.78 is 5.45. The third-order valence-corrected chi connectivity index (χ3v) is 1.53. The lowest BCUT2D eigenvalue weighted by molar-refractivity contribution is 0.0282. The van der Waals surface area contributed by atoms with Crippen LogP contribution in [0.1, 0.15) is 34.1 Å². The first-order chi connectivity index (χ1) is 4.22. The Balaban J connectivity index is 3.41. The van der Waals surface area contributed by atoms with Crippen molar-refractivity contribution < 1.29 is 4.74 Å². The Morgan fingerprint density at radius 3 is 1.89 bits per heavy atom. The topological polar surface area (TPSA) is 9.23 Å². The molecule has 9 heavy (non-hydrogen) atoms. The van der Waals surface area contributed by atoms with E-state index < -0.39 is 0 Å². The van der Waals surface area contributed by atoms with Gasteiger partial charge in [0.25, 0.3) is 0 Å². The third-order valence-electron chi connectivity index (χ3n) is 1.53. The van der Waals surface area contributed by atoms with E-state index in [0.717, 1.165) is 13.0 Å². The van der Waals surface area contributed by atoms with Crippen molar-refractivity contribution in [2.24, 2.45) is 5.92 Å². The molecule has 0 aliphatic heterocycles. The molecule has 0 amide bonds. The number of hydrogen-bond donors (Lipinski definition) is 0. The van der Waals surface area contributed by atoms with E-state index in [1.807, 2.05) is 6.92 Å². The molecule has 0 N–H and O–H groups in total. The minimum absolute atomic E-state index is 0.468. The lowest BCUT2D eigenvalue weighted by atomic mass is 10.1. The van der Waals surface area contributed by atoms with Gasteiger partial charge < -0.3 is 4.74 Å². The second-order valence-corrected chi connectivity index (χ2v) is 2.65. The van der Waals surface area contributed by atoms with Crippen molar-refractivity contribution in [2.45, 2.75) is 40.2 Å². The summed E-state index contributed by atoms with van der Waals surface area (Å²) in [6.07, 6.45) is 1.60. The van der Waals surface area contributed by atoms with Gasteiger partial charge in [-0.1, -0.05) is 20.8 Å². The van der Waals surface area contributed by atoms with Crippen LogP contribution in [0.2, 0.25) is 0 Å². The average Bonchev–Trinajstić information content (AvgIpc) is 1.82. The second-order valence-electron chi connectivity index (χ2n) is 2.65. The molecule has 0 saturated heterocycles. The molecule has 0 aromatic heterocycles. The van der Waals surface area contributed by atoms with Gasteiger partial charge in [0.1, 0.15) is 0 Å². The van der Waals surface area contributed by atoms with Gasteiger partial charge in [-0.2, -0.15) is 0 Å². The van der Waals surface area contributed by atoms with Crippen LogP contribution in [0.4, 0.5) is 0 Å². The molecule has 0 rings (SSSR count). The number of rotatable bonds is 4. The summed E-state index contributed by atoms with van der Waals surface area (Å²) in [6.45, 7) is 9.45. The minimum Gasteiger partial charge on any atom is -0.378 e. The summed E-state index contributed by atoms with van der Waals surface area (Å²) in [6, 6.07) is 0. The van der Waals surface area contributed by atoms with Crippen LogP contribution in [-0.4, -0.2) is 12.7 Å².